The van der Waals surface area contributed by atoms with Gasteiger partial charge in [0.1, 0.15) is 17.2 Å². The molecule has 0 radical (unpaired) electrons. The predicted molar refractivity (Wildman–Crippen MR) is 199 cm³/mol. The molecule has 2 N–H and O–H groups in total. The topological polar surface area (TPSA) is 117 Å². The highest BCUT2D eigenvalue weighted by molar-refractivity contribution is 5.84. The number of hydrogen-bond donors (Lipinski definition) is 2. The SMILES string of the molecule is C1=COC(C2(N3CCNCC3)N(c3cc4ccccc4[nH]3)OC(c3ncccn3)(N3CCOCC3)C2(c2cc3ccccc3o2)N2CCOCC2)C=C1. The molecular weight excluding hydrogens is 672 g/mol. The number of anilines is 1. The van der Waals surface area contributed by atoms with Crippen molar-refractivity contribution in [2.75, 3.05) is 83.8 Å². The number of benzene rings is 2. The van der Waals surface area contributed by atoms with Gasteiger partial charge in [-0.1, -0.05) is 42.5 Å². The molecule has 0 amide bonds. The van der Waals surface area contributed by atoms with Crippen LogP contribution in [0.25, 0.3) is 21.9 Å². The first-order valence-corrected chi connectivity index (χ1v) is 18.7. The number of para-hydroxylation sites is 2. The van der Waals surface area contributed by atoms with E-state index in [0.717, 1.165) is 46.5 Å². The monoisotopic (exact) mass is 716 g/mol. The molecule has 5 aliphatic heterocycles. The van der Waals surface area contributed by atoms with Gasteiger partial charge in [0, 0.05) is 81.0 Å². The number of hydrogen-bond acceptors (Lipinski definition) is 12. The van der Waals surface area contributed by atoms with E-state index in [2.05, 4.69) is 90.7 Å². The quantitative estimate of drug-likeness (QED) is 0.254. The van der Waals surface area contributed by atoms with Gasteiger partial charge in [-0.15, -0.1) is 0 Å². The van der Waals surface area contributed by atoms with Crippen LogP contribution in [0.2, 0.25) is 0 Å². The summed E-state index contributed by atoms with van der Waals surface area (Å²) in [6.07, 6.45) is 11.0. The van der Waals surface area contributed by atoms with Crippen LogP contribution >= 0.6 is 0 Å². The Balaban J connectivity index is 1.41. The van der Waals surface area contributed by atoms with Crippen LogP contribution in [-0.2, 0) is 30.3 Å². The van der Waals surface area contributed by atoms with Crippen molar-refractivity contribution in [1.82, 2.24) is 35.0 Å². The van der Waals surface area contributed by atoms with Crippen LogP contribution in [0.5, 0.6) is 0 Å². The summed E-state index contributed by atoms with van der Waals surface area (Å²) < 4.78 is 26.5. The van der Waals surface area contributed by atoms with Crippen molar-refractivity contribution in [1.29, 1.82) is 0 Å². The maximum absolute atomic E-state index is 8.04. The van der Waals surface area contributed by atoms with Crippen molar-refractivity contribution in [2.24, 2.45) is 0 Å². The second-order valence-electron chi connectivity index (χ2n) is 14.1. The van der Waals surface area contributed by atoms with E-state index in [9.17, 15) is 0 Å². The van der Waals surface area contributed by atoms with Gasteiger partial charge in [-0.3, -0.25) is 14.7 Å². The van der Waals surface area contributed by atoms with Crippen LogP contribution in [0.15, 0.2) is 108 Å². The molecule has 0 aliphatic carbocycles. The van der Waals surface area contributed by atoms with Gasteiger partial charge in [0.15, 0.2) is 23.1 Å². The predicted octanol–water partition coefficient (Wildman–Crippen LogP) is 3.94. The molecule has 4 unspecified atom stereocenters. The fourth-order valence-electron chi connectivity index (χ4n) is 9.54. The van der Waals surface area contributed by atoms with Crippen molar-refractivity contribution in [3.8, 4) is 0 Å². The molecule has 3 aromatic heterocycles. The number of aromatic nitrogens is 3. The number of rotatable bonds is 7. The second-order valence-corrected chi connectivity index (χ2v) is 14.1. The van der Waals surface area contributed by atoms with E-state index in [1.165, 1.54) is 0 Å². The van der Waals surface area contributed by atoms with Crippen LogP contribution in [0.3, 0.4) is 0 Å². The Morgan fingerprint density at radius 3 is 2.15 bits per heavy atom. The van der Waals surface area contributed by atoms with Crippen LogP contribution in [0.4, 0.5) is 5.82 Å². The highest BCUT2D eigenvalue weighted by atomic mass is 16.7. The van der Waals surface area contributed by atoms with Gasteiger partial charge in [-0.2, -0.15) is 0 Å². The fourth-order valence-corrected chi connectivity index (χ4v) is 9.54. The molecule has 13 nitrogen and oxygen atoms in total. The summed E-state index contributed by atoms with van der Waals surface area (Å²) in [5.74, 6) is 2.06. The third-order valence-corrected chi connectivity index (χ3v) is 11.6. The first-order chi connectivity index (χ1) is 26.3. The highest BCUT2D eigenvalue weighted by Gasteiger charge is 2.85. The number of allylic oxidation sites excluding steroid dienone is 2. The average molecular weight is 717 g/mol. The largest absolute Gasteiger partial charge is 0.490 e. The summed E-state index contributed by atoms with van der Waals surface area (Å²) in [5, 5.41) is 7.81. The zero-order valence-electron chi connectivity index (χ0n) is 29.6. The van der Waals surface area contributed by atoms with Crippen LogP contribution in [0, 0.1) is 0 Å². The summed E-state index contributed by atoms with van der Waals surface area (Å²) in [4.78, 5) is 29.6. The third-order valence-electron chi connectivity index (χ3n) is 11.6. The minimum absolute atomic E-state index is 0.521. The molecule has 0 spiro atoms. The van der Waals surface area contributed by atoms with E-state index < -0.39 is 23.0 Å². The zero-order valence-corrected chi connectivity index (χ0v) is 29.6. The van der Waals surface area contributed by atoms with E-state index in [0.29, 0.717) is 71.5 Å². The van der Waals surface area contributed by atoms with E-state index in [4.69, 9.17) is 33.4 Å². The maximum Gasteiger partial charge on any atom is 0.239 e. The minimum Gasteiger partial charge on any atom is -0.490 e. The van der Waals surface area contributed by atoms with Gasteiger partial charge >= 0.3 is 0 Å². The first-order valence-electron chi connectivity index (χ1n) is 18.7. The molecule has 53 heavy (non-hydrogen) atoms. The van der Waals surface area contributed by atoms with Crippen molar-refractivity contribution in [3.63, 3.8) is 0 Å². The molecule has 274 valence electrons. The van der Waals surface area contributed by atoms with E-state index in [1.807, 2.05) is 36.7 Å². The zero-order chi connectivity index (χ0) is 35.3. The van der Waals surface area contributed by atoms with Crippen LogP contribution < -0.4 is 10.4 Å². The van der Waals surface area contributed by atoms with Gasteiger partial charge in [-0.05, 0) is 42.5 Å². The molecule has 2 aromatic carbocycles. The molecule has 5 aromatic rings. The summed E-state index contributed by atoms with van der Waals surface area (Å²) >= 11 is 0. The summed E-state index contributed by atoms with van der Waals surface area (Å²) in [6.45, 7) is 7.41. The molecule has 13 heteroatoms. The van der Waals surface area contributed by atoms with Crippen molar-refractivity contribution < 1.29 is 23.5 Å². The van der Waals surface area contributed by atoms with Crippen LogP contribution in [0.1, 0.15) is 11.6 Å². The second kappa shape index (κ2) is 13.4. The summed E-state index contributed by atoms with van der Waals surface area (Å²) in [6, 6.07) is 22.8. The fraction of sp³-hybridized carbons (Fsp3) is 0.400. The van der Waals surface area contributed by atoms with Crippen molar-refractivity contribution in [2.45, 2.75) is 23.0 Å². The van der Waals surface area contributed by atoms with Gasteiger partial charge in [0.05, 0.1) is 32.7 Å². The third kappa shape index (κ3) is 4.82. The Labute approximate surface area is 307 Å². The van der Waals surface area contributed by atoms with Gasteiger partial charge in [0.25, 0.3) is 0 Å². The van der Waals surface area contributed by atoms with E-state index >= 15 is 0 Å². The number of aromatic amines is 1. The molecule has 10 rings (SSSR count). The molecule has 4 fully saturated rings. The lowest BCUT2D eigenvalue weighted by Gasteiger charge is -2.62. The summed E-state index contributed by atoms with van der Waals surface area (Å²) in [7, 11) is 0. The number of ether oxygens (including phenoxy) is 3. The Morgan fingerprint density at radius 1 is 0.717 bits per heavy atom. The standard InChI is InChI=1S/C40H44N8O5/c1-3-10-32-30(8-1)29-36(44-32)48-39(34-12-5-6-23-51-34,46-17-15-41-16-18-46)38(45-19-24-49-25-20-45,35-28-31-9-2-4-11-33(31)52-35)40(53-48,37-42-13-7-14-43-37)47-21-26-50-27-22-47/h1-14,23,28-29,34,41,44H,15-22,24-27H2. The van der Waals surface area contributed by atoms with Crippen molar-refractivity contribution >= 4 is 27.7 Å². The molecule has 4 saturated heterocycles. The van der Waals surface area contributed by atoms with E-state index in [1.54, 1.807) is 6.26 Å². The number of fused-ring (bicyclic) bond motifs is 2. The lowest BCUT2D eigenvalue weighted by Crippen LogP contribution is -2.83. The number of morpholine rings is 2. The molecule has 8 heterocycles. The first kappa shape index (κ1) is 33.0. The average Bonchev–Trinajstić information content (AvgIpc) is 3.95. The Bertz CT molecular complexity index is 2050. The normalized spacial score (nSPS) is 30.3. The Morgan fingerprint density at radius 2 is 1.43 bits per heavy atom. The molecule has 4 atom stereocenters. The highest BCUT2D eigenvalue weighted by Crippen LogP contribution is 2.66. The summed E-state index contributed by atoms with van der Waals surface area (Å²) in [5.41, 5.74) is -1.96. The minimum atomic E-state index is -1.39. The number of piperazine rings is 1. The number of hydroxylamine groups is 1. The number of nitrogens with zero attached hydrogens (tertiary/aromatic N) is 6. The molecule has 0 saturated carbocycles. The Hall–Kier alpha value is -4.60. The maximum atomic E-state index is 8.04. The van der Waals surface area contributed by atoms with Crippen LogP contribution in [-0.4, -0.2) is 120 Å². The van der Waals surface area contributed by atoms with Crippen molar-refractivity contribution in [3.05, 3.63) is 115 Å². The smallest absolute Gasteiger partial charge is 0.239 e. The molecular formula is C40H44N8O5. The Kier molecular flexibility index (Phi) is 8.32. The van der Waals surface area contributed by atoms with Gasteiger partial charge in [0.2, 0.25) is 5.72 Å². The van der Waals surface area contributed by atoms with Gasteiger partial charge < -0.3 is 28.9 Å². The lowest BCUT2D eigenvalue weighted by atomic mass is 9.66. The van der Waals surface area contributed by atoms with Gasteiger partial charge in [-0.25, -0.2) is 19.9 Å². The number of nitrogens with one attached hydrogen (secondary N) is 2. The number of furan rings is 1. The molecule has 0 bridgehead atoms. The van der Waals surface area contributed by atoms with E-state index in [-0.39, 0.29) is 0 Å². The number of H-pyrrole nitrogens is 1. The lowest BCUT2D eigenvalue weighted by molar-refractivity contribution is -0.251. The molecule has 5 aliphatic rings.